The van der Waals surface area contributed by atoms with E-state index >= 15 is 0 Å². The van der Waals surface area contributed by atoms with Gasteiger partial charge >= 0.3 is 0 Å². The number of benzene rings is 1. The number of ether oxygens (including phenoxy) is 1. The molecule has 0 aliphatic carbocycles. The minimum absolute atomic E-state index is 0.135. The van der Waals surface area contributed by atoms with Gasteiger partial charge in [-0.05, 0) is 42.7 Å². The lowest BCUT2D eigenvalue weighted by Gasteiger charge is -2.31. The van der Waals surface area contributed by atoms with Crippen LogP contribution in [-0.4, -0.2) is 37.1 Å². The van der Waals surface area contributed by atoms with Crippen LogP contribution in [0.15, 0.2) is 41.8 Å². The maximum atomic E-state index is 9.30. The summed E-state index contributed by atoms with van der Waals surface area (Å²) in [5.74, 6) is 1.17. The summed E-state index contributed by atoms with van der Waals surface area (Å²) in [7, 11) is 5.78. The second-order valence-corrected chi connectivity index (χ2v) is 5.68. The molecule has 3 rings (SSSR count). The number of rotatable bonds is 4. The van der Waals surface area contributed by atoms with Crippen molar-refractivity contribution in [2.45, 2.75) is 25.6 Å². The zero-order chi connectivity index (χ0) is 16.2. The molecule has 0 saturated carbocycles. The molecule has 2 heterocycles. The van der Waals surface area contributed by atoms with Crippen molar-refractivity contribution in [3.05, 3.63) is 47.4 Å². The van der Waals surface area contributed by atoms with E-state index in [-0.39, 0.29) is 12.8 Å². The number of aliphatic hydroxyl groups excluding tert-OH is 1. The molecule has 0 spiro atoms. The number of nitrogens with one attached hydrogen (secondary N) is 1. The number of nitriles is 1. The van der Waals surface area contributed by atoms with Gasteiger partial charge in [0, 0.05) is 13.1 Å². The standard InChI is InChI=1S/C17H18BN3O2/c18-15-5-4-14(9-13(15)11-22)23-16-6-3-12(10-19)17(20-16)21-7-1-2-8-21/h3-6,9,17,20,22H,1-2,7-8,11H2. The van der Waals surface area contributed by atoms with E-state index in [1.54, 1.807) is 30.4 Å². The summed E-state index contributed by atoms with van der Waals surface area (Å²) < 4.78 is 5.84. The first-order chi connectivity index (χ1) is 11.2. The van der Waals surface area contributed by atoms with Crippen LogP contribution in [0.2, 0.25) is 0 Å². The highest BCUT2D eigenvalue weighted by atomic mass is 16.5. The highest BCUT2D eigenvalue weighted by molar-refractivity contribution is 6.33. The van der Waals surface area contributed by atoms with Crippen molar-refractivity contribution in [2.24, 2.45) is 0 Å². The Bertz CT molecular complexity index is 688. The number of aliphatic hydroxyl groups is 1. The number of nitrogens with zero attached hydrogens (tertiary/aromatic N) is 2. The van der Waals surface area contributed by atoms with Crippen LogP contribution in [0.5, 0.6) is 5.75 Å². The van der Waals surface area contributed by atoms with Gasteiger partial charge in [-0.3, -0.25) is 4.90 Å². The fraction of sp³-hybridized carbons (Fsp3) is 0.353. The minimum Gasteiger partial charge on any atom is -0.441 e. The fourth-order valence-electron chi connectivity index (χ4n) is 2.88. The average Bonchev–Trinajstić information content (AvgIpc) is 3.11. The third kappa shape index (κ3) is 3.41. The van der Waals surface area contributed by atoms with Crippen LogP contribution in [0.1, 0.15) is 18.4 Å². The highest BCUT2D eigenvalue weighted by Gasteiger charge is 2.28. The van der Waals surface area contributed by atoms with Gasteiger partial charge in [-0.1, -0.05) is 11.5 Å². The van der Waals surface area contributed by atoms with Crippen molar-refractivity contribution < 1.29 is 9.84 Å². The maximum Gasteiger partial charge on any atom is 0.194 e. The molecule has 1 fully saturated rings. The van der Waals surface area contributed by atoms with E-state index in [1.165, 1.54) is 0 Å². The van der Waals surface area contributed by atoms with Crippen LogP contribution >= 0.6 is 0 Å². The molecule has 2 N–H and O–H groups in total. The normalized spacial score (nSPS) is 21.1. The fourth-order valence-corrected chi connectivity index (χ4v) is 2.88. The first kappa shape index (κ1) is 15.7. The van der Waals surface area contributed by atoms with Gasteiger partial charge in [-0.2, -0.15) is 5.26 Å². The average molecular weight is 307 g/mol. The molecule has 116 valence electrons. The Morgan fingerprint density at radius 3 is 2.83 bits per heavy atom. The van der Waals surface area contributed by atoms with Gasteiger partial charge in [0.05, 0.1) is 18.2 Å². The van der Waals surface area contributed by atoms with Gasteiger partial charge in [0.15, 0.2) is 5.88 Å². The number of hydrogen-bond acceptors (Lipinski definition) is 5. The van der Waals surface area contributed by atoms with Crippen molar-refractivity contribution in [3.63, 3.8) is 0 Å². The monoisotopic (exact) mass is 307 g/mol. The molecule has 0 bridgehead atoms. The Hall–Kier alpha value is -2.23. The van der Waals surface area contributed by atoms with Crippen LogP contribution in [0.3, 0.4) is 0 Å². The summed E-state index contributed by atoms with van der Waals surface area (Å²) in [4.78, 5) is 2.24. The molecule has 1 atom stereocenters. The second kappa shape index (κ2) is 6.90. The summed E-state index contributed by atoms with van der Waals surface area (Å²) in [6.45, 7) is 1.81. The molecular formula is C17H18BN3O2. The first-order valence-electron chi connectivity index (χ1n) is 7.71. The topological polar surface area (TPSA) is 68.5 Å². The summed E-state index contributed by atoms with van der Waals surface area (Å²) in [6.07, 6.45) is 5.69. The van der Waals surface area contributed by atoms with Gasteiger partial charge < -0.3 is 15.2 Å². The van der Waals surface area contributed by atoms with Crippen LogP contribution in [0, 0.1) is 11.3 Å². The third-order valence-corrected chi connectivity index (χ3v) is 4.14. The predicted octanol–water partition coefficient (Wildman–Crippen LogP) is 0.668. The van der Waals surface area contributed by atoms with E-state index in [1.807, 2.05) is 0 Å². The summed E-state index contributed by atoms with van der Waals surface area (Å²) in [5, 5.41) is 21.9. The zero-order valence-corrected chi connectivity index (χ0v) is 12.8. The molecule has 2 radical (unpaired) electrons. The van der Waals surface area contributed by atoms with E-state index in [9.17, 15) is 10.4 Å². The molecule has 0 aromatic heterocycles. The molecule has 2 aliphatic heterocycles. The SMILES string of the molecule is [B]c1ccc(OC2=CC=C(C#N)C(N3CCCC3)N2)cc1CO. The lowest BCUT2D eigenvalue weighted by molar-refractivity contribution is 0.220. The summed E-state index contributed by atoms with van der Waals surface area (Å²) >= 11 is 0. The Labute approximate surface area is 137 Å². The van der Waals surface area contributed by atoms with Crippen molar-refractivity contribution in [1.29, 1.82) is 5.26 Å². The summed E-state index contributed by atoms with van der Waals surface area (Å²) in [5.41, 5.74) is 1.85. The van der Waals surface area contributed by atoms with Crippen LogP contribution in [-0.2, 0) is 6.61 Å². The first-order valence-corrected chi connectivity index (χ1v) is 7.71. The molecule has 6 heteroatoms. The van der Waals surface area contributed by atoms with Gasteiger partial charge in [0.2, 0.25) is 0 Å². The second-order valence-electron chi connectivity index (χ2n) is 5.68. The van der Waals surface area contributed by atoms with Crippen molar-refractivity contribution in [3.8, 4) is 11.8 Å². The van der Waals surface area contributed by atoms with Crippen LogP contribution < -0.4 is 15.5 Å². The maximum absolute atomic E-state index is 9.30. The number of likely N-dealkylation sites (tertiary alicyclic amines) is 1. The molecule has 5 nitrogen and oxygen atoms in total. The Balaban J connectivity index is 1.77. The molecule has 1 aromatic carbocycles. The van der Waals surface area contributed by atoms with Crippen molar-refractivity contribution in [1.82, 2.24) is 10.2 Å². The van der Waals surface area contributed by atoms with Gasteiger partial charge in [0.1, 0.15) is 19.8 Å². The molecule has 1 aromatic rings. The van der Waals surface area contributed by atoms with Crippen molar-refractivity contribution >= 4 is 13.3 Å². The van der Waals surface area contributed by atoms with E-state index < -0.39 is 0 Å². The zero-order valence-electron chi connectivity index (χ0n) is 12.8. The number of allylic oxidation sites excluding steroid dienone is 2. The Morgan fingerprint density at radius 1 is 1.35 bits per heavy atom. The lowest BCUT2D eigenvalue weighted by Crippen LogP contribution is -2.47. The molecule has 0 amide bonds. The number of hydrogen-bond donors (Lipinski definition) is 2. The Morgan fingerprint density at radius 2 is 2.13 bits per heavy atom. The predicted molar refractivity (Wildman–Crippen MR) is 87.9 cm³/mol. The van der Waals surface area contributed by atoms with Gasteiger partial charge in [0.25, 0.3) is 0 Å². The quantitative estimate of drug-likeness (QED) is 0.800. The molecule has 2 aliphatic rings. The Kier molecular flexibility index (Phi) is 4.70. The van der Waals surface area contributed by atoms with Gasteiger partial charge in [-0.25, -0.2) is 0 Å². The van der Waals surface area contributed by atoms with Gasteiger partial charge in [-0.15, -0.1) is 0 Å². The third-order valence-electron chi connectivity index (χ3n) is 4.14. The van der Waals surface area contributed by atoms with E-state index in [0.717, 1.165) is 25.9 Å². The lowest BCUT2D eigenvalue weighted by atomic mass is 9.91. The molecule has 1 unspecified atom stereocenters. The molecule has 23 heavy (non-hydrogen) atoms. The highest BCUT2D eigenvalue weighted by Crippen LogP contribution is 2.22. The minimum atomic E-state index is -0.145. The molecular weight excluding hydrogens is 289 g/mol. The van der Waals surface area contributed by atoms with Crippen molar-refractivity contribution in [2.75, 3.05) is 13.1 Å². The largest absolute Gasteiger partial charge is 0.441 e. The number of dihydropyridines is 1. The molecule has 1 saturated heterocycles. The van der Waals surface area contributed by atoms with Crippen LogP contribution in [0.25, 0.3) is 0 Å². The smallest absolute Gasteiger partial charge is 0.194 e. The van der Waals surface area contributed by atoms with E-state index in [0.29, 0.717) is 28.2 Å². The van der Waals surface area contributed by atoms with E-state index in [4.69, 9.17) is 12.6 Å². The van der Waals surface area contributed by atoms with E-state index in [2.05, 4.69) is 16.3 Å². The van der Waals surface area contributed by atoms with Crippen LogP contribution in [0.4, 0.5) is 0 Å². The summed E-state index contributed by atoms with van der Waals surface area (Å²) in [6, 6.07) is 7.43.